The van der Waals surface area contributed by atoms with Crippen molar-refractivity contribution in [2.24, 2.45) is 10.7 Å². The summed E-state index contributed by atoms with van der Waals surface area (Å²) >= 11 is 1.55. The van der Waals surface area contributed by atoms with E-state index in [1.165, 1.54) is 23.8 Å². The molecule has 160 valence electrons. The number of thiazole rings is 1. The van der Waals surface area contributed by atoms with Crippen LogP contribution in [0.5, 0.6) is 5.75 Å². The Labute approximate surface area is 193 Å². The highest BCUT2D eigenvalue weighted by Gasteiger charge is 2.32. The zero-order valence-corrected chi connectivity index (χ0v) is 18.9. The summed E-state index contributed by atoms with van der Waals surface area (Å²) < 4.78 is 41.4. The van der Waals surface area contributed by atoms with Crippen LogP contribution in [0.25, 0.3) is 0 Å². The van der Waals surface area contributed by atoms with Gasteiger partial charge in [-0.1, -0.05) is 42.5 Å². The molecule has 0 unspecified atom stereocenters. The van der Waals surface area contributed by atoms with Gasteiger partial charge in [0.2, 0.25) is 0 Å². The third-order valence-electron chi connectivity index (χ3n) is 3.86. The maximum atomic E-state index is 12.5. The number of hydrogen-bond donors (Lipinski definition) is 2. The molecule has 0 saturated heterocycles. The average molecular weight is 548 g/mol. The number of nitrogens with zero attached hydrogens (tertiary/aromatic N) is 2. The highest BCUT2D eigenvalue weighted by molar-refractivity contribution is 14.0. The molecule has 0 radical (unpaired) electrons. The first kappa shape index (κ1) is 23.9. The van der Waals surface area contributed by atoms with Crippen LogP contribution in [0, 0.1) is 0 Å². The Kier molecular flexibility index (Phi) is 8.90. The van der Waals surface area contributed by atoms with E-state index in [2.05, 4.69) is 32.2 Å². The van der Waals surface area contributed by atoms with Crippen molar-refractivity contribution < 1.29 is 17.9 Å². The van der Waals surface area contributed by atoms with Crippen molar-refractivity contribution in [1.82, 2.24) is 4.98 Å². The summed E-state index contributed by atoms with van der Waals surface area (Å²) in [6, 6.07) is 15.8. The van der Waals surface area contributed by atoms with Crippen LogP contribution in [-0.4, -0.2) is 17.3 Å². The molecule has 1 heterocycles. The molecule has 0 amide bonds. The van der Waals surface area contributed by atoms with Gasteiger partial charge in [-0.15, -0.1) is 48.5 Å². The highest BCUT2D eigenvalue weighted by atomic mass is 127. The van der Waals surface area contributed by atoms with Crippen molar-refractivity contribution in [3.8, 4) is 5.75 Å². The molecule has 0 aliphatic rings. The molecule has 0 fully saturated rings. The minimum Gasteiger partial charge on any atom is -0.404 e. The monoisotopic (exact) mass is 548 g/mol. The van der Waals surface area contributed by atoms with E-state index >= 15 is 0 Å². The second-order valence-electron chi connectivity index (χ2n) is 6.09. The van der Waals surface area contributed by atoms with Crippen LogP contribution in [0.3, 0.4) is 0 Å². The summed E-state index contributed by atoms with van der Waals surface area (Å²) in [5.74, 6) is -0.405. The number of guanidine groups is 1. The molecule has 0 atom stereocenters. The molecule has 5 nitrogen and oxygen atoms in total. The van der Waals surface area contributed by atoms with Crippen LogP contribution in [0.2, 0.25) is 0 Å². The van der Waals surface area contributed by atoms with Gasteiger partial charge in [0, 0.05) is 11.8 Å². The van der Waals surface area contributed by atoms with Crippen molar-refractivity contribution in [2.75, 3.05) is 5.32 Å². The molecule has 2 aromatic carbocycles. The van der Waals surface area contributed by atoms with Gasteiger partial charge >= 0.3 is 6.36 Å². The number of aliphatic imine (C=N–C) groups is 1. The Bertz CT molecular complexity index is 964. The first-order chi connectivity index (χ1) is 13.9. The fraction of sp³-hybridized carbons (Fsp3) is 0.200. The maximum absolute atomic E-state index is 12.5. The number of aromatic nitrogens is 1. The van der Waals surface area contributed by atoms with Crippen molar-refractivity contribution >= 4 is 47.0 Å². The number of nitrogens with two attached hydrogens (primary N) is 1. The summed E-state index contributed by atoms with van der Waals surface area (Å²) in [5.41, 5.74) is 7.88. The Morgan fingerprint density at radius 3 is 2.50 bits per heavy atom. The first-order valence-electron chi connectivity index (χ1n) is 8.78. The number of hydrogen-bond acceptors (Lipinski definition) is 4. The lowest BCUT2D eigenvalue weighted by atomic mass is 10.1. The number of halogens is 4. The lowest BCUT2D eigenvalue weighted by molar-refractivity contribution is -0.274. The Hall–Kier alpha value is -2.34. The lowest BCUT2D eigenvalue weighted by Crippen LogP contribution is -2.24. The molecule has 0 bridgehead atoms. The molecule has 3 N–H and O–H groups in total. The smallest absolute Gasteiger partial charge is 0.404 e. The highest BCUT2D eigenvalue weighted by Crippen LogP contribution is 2.29. The number of nitrogens with one attached hydrogen (secondary N) is 1. The standard InChI is InChI=1S/C20H19F3N4OS.HI/c21-20(22,23)28-17-9-5-4-8-16(17)27-19(24)25-12-15-13-29-18(26-15)11-10-14-6-2-1-3-7-14;/h1-9,13H,10-12H2,(H3,24,25,27);1H. The number of alkyl halides is 3. The van der Waals surface area contributed by atoms with Crippen molar-refractivity contribution in [1.29, 1.82) is 0 Å². The number of para-hydroxylation sites is 2. The van der Waals surface area contributed by atoms with Gasteiger partial charge in [0.25, 0.3) is 0 Å². The van der Waals surface area contributed by atoms with Gasteiger partial charge in [-0.3, -0.25) is 0 Å². The molecule has 0 aliphatic carbocycles. The summed E-state index contributed by atoms with van der Waals surface area (Å²) in [6.45, 7) is 0.225. The molecule has 0 saturated carbocycles. The fourth-order valence-electron chi connectivity index (χ4n) is 2.56. The van der Waals surface area contributed by atoms with E-state index in [0.29, 0.717) is 0 Å². The number of aryl methyl sites for hydroxylation is 2. The van der Waals surface area contributed by atoms with Crippen molar-refractivity contribution in [3.63, 3.8) is 0 Å². The van der Waals surface area contributed by atoms with Crippen LogP contribution in [-0.2, 0) is 19.4 Å². The van der Waals surface area contributed by atoms with E-state index < -0.39 is 6.36 Å². The molecule has 3 aromatic rings. The predicted octanol–water partition coefficient (Wildman–Crippen LogP) is 5.37. The van der Waals surface area contributed by atoms with Crippen molar-refractivity contribution in [2.45, 2.75) is 25.7 Å². The first-order valence-corrected chi connectivity index (χ1v) is 9.66. The second-order valence-corrected chi connectivity index (χ2v) is 7.03. The van der Waals surface area contributed by atoms with E-state index in [9.17, 15) is 13.2 Å². The van der Waals surface area contributed by atoms with Crippen LogP contribution in [0.4, 0.5) is 18.9 Å². The maximum Gasteiger partial charge on any atom is 0.573 e. The van der Waals surface area contributed by atoms with Gasteiger partial charge in [-0.05, 0) is 24.1 Å². The average Bonchev–Trinajstić information content (AvgIpc) is 3.14. The summed E-state index contributed by atoms with van der Waals surface area (Å²) in [7, 11) is 0. The Morgan fingerprint density at radius 1 is 1.07 bits per heavy atom. The second kappa shape index (κ2) is 11.2. The number of rotatable bonds is 7. The minimum absolute atomic E-state index is 0. The number of ether oxygens (including phenoxy) is 1. The van der Waals surface area contributed by atoms with E-state index in [1.54, 1.807) is 17.4 Å². The zero-order valence-electron chi connectivity index (χ0n) is 15.7. The molecular formula is C20H20F3IN4OS. The van der Waals surface area contributed by atoms with E-state index in [4.69, 9.17) is 5.73 Å². The predicted molar refractivity (Wildman–Crippen MR) is 123 cm³/mol. The van der Waals surface area contributed by atoms with Gasteiger partial charge in [-0.25, -0.2) is 9.98 Å². The van der Waals surface area contributed by atoms with Gasteiger partial charge in [0.05, 0.1) is 22.9 Å². The molecule has 1 aromatic heterocycles. The number of anilines is 1. The summed E-state index contributed by atoms with van der Waals surface area (Å²) in [6.07, 6.45) is -3.06. The SMILES string of the molecule is I.NC(=NCc1csc(CCc2ccccc2)n1)Nc1ccccc1OC(F)(F)F. The normalized spacial score (nSPS) is 11.6. The summed E-state index contributed by atoms with van der Waals surface area (Å²) in [5, 5.41) is 5.53. The van der Waals surface area contributed by atoms with Crippen LogP contribution >= 0.6 is 35.3 Å². The molecular weight excluding hydrogens is 528 g/mol. The molecule has 0 spiro atoms. The van der Waals surface area contributed by atoms with Crippen LogP contribution < -0.4 is 15.8 Å². The molecule has 0 aliphatic heterocycles. The molecule has 30 heavy (non-hydrogen) atoms. The van der Waals surface area contributed by atoms with Crippen molar-refractivity contribution in [3.05, 3.63) is 76.2 Å². The van der Waals surface area contributed by atoms with E-state index in [0.717, 1.165) is 23.5 Å². The Balaban J connectivity index is 0.00000320. The van der Waals surface area contributed by atoms with Gasteiger partial charge in [-0.2, -0.15) is 0 Å². The minimum atomic E-state index is -4.79. The summed E-state index contributed by atoms with van der Waals surface area (Å²) in [4.78, 5) is 8.67. The topological polar surface area (TPSA) is 72.5 Å². The van der Waals surface area contributed by atoms with Crippen LogP contribution in [0.15, 0.2) is 65.0 Å². The van der Waals surface area contributed by atoms with Gasteiger partial charge in [0.1, 0.15) is 0 Å². The quantitative estimate of drug-likeness (QED) is 0.237. The zero-order chi connectivity index (χ0) is 20.7. The number of benzene rings is 2. The molecule has 10 heteroatoms. The van der Waals surface area contributed by atoms with E-state index in [-0.39, 0.29) is 47.9 Å². The van der Waals surface area contributed by atoms with Gasteiger partial charge < -0.3 is 15.8 Å². The Morgan fingerprint density at radius 2 is 1.77 bits per heavy atom. The third kappa shape index (κ3) is 7.82. The van der Waals surface area contributed by atoms with E-state index in [1.807, 2.05) is 23.6 Å². The lowest BCUT2D eigenvalue weighted by Gasteiger charge is -2.14. The van der Waals surface area contributed by atoms with Gasteiger partial charge in [0.15, 0.2) is 11.7 Å². The third-order valence-corrected chi connectivity index (χ3v) is 4.81. The fourth-order valence-corrected chi connectivity index (χ4v) is 3.35. The van der Waals surface area contributed by atoms with Crippen LogP contribution in [0.1, 0.15) is 16.3 Å². The largest absolute Gasteiger partial charge is 0.573 e. The molecule has 3 rings (SSSR count).